The number of rotatable bonds is 4. The van der Waals surface area contributed by atoms with E-state index in [9.17, 15) is 13.2 Å². The minimum absolute atomic E-state index is 0.0481. The number of benzene rings is 2. The monoisotopic (exact) mass is 350 g/mol. The van der Waals surface area contributed by atoms with Crippen molar-refractivity contribution < 1.29 is 17.9 Å². The van der Waals surface area contributed by atoms with Crippen molar-refractivity contribution >= 4 is 39.6 Å². The summed E-state index contributed by atoms with van der Waals surface area (Å²) in [6.07, 6.45) is 4.41. The van der Waals surface area contributed by atoms with Crippen LogP contribution in [0.25, 0.3) is 12.2 Å². The Bertz CT molecular complexity index is 856. The summed E-state index contributed by atoms with van der Waals surface area (Å²) in [4.78, 5) is 11.8. The van der Waals surface area contributed by atoms with Crippen molar-refractivity contribution in [3.63, 3.8) is 0 Å². The van der Waals surface area contributed by atoms with Crippen molar-refractivity contribution in [1.29, 1.82) is 0 Å². The van der Waals surface area contributed by atoms with Crippen LogP contribution in [0.1, 0.15) is 21.5 Å². The summed E-state index contributed by atoms with van der Waals surface area (Å²) in [6, 6.07) is 12.1. The highest BCUT2D eigenvalue weighted by Gasteiger charge is 2.20. The second-order valence-corrected chi connectivity index (χ2v) is 7.21. The van der Waals surface area contributed by atoms with Gasteiger partial charge in [0.05, 0.1) is 22.6 Å². The molecule has 0 aromatic heterocycles. The molecule has 2 aromatic rings. The molecule has 0 saturated heterocycles. The number of esters is 1. The van der Waals surface area contributed by atoms with Crippen LogP contribution >= 0.6 is 11.6 Å². The number of carbonyl (C=O) groups is 1. The van der Waals surface area contributed by atoms with Crippen molar-refractivity contribution in [3.8, 4) is 0 Å². The van der Waals surface area contributed by atoms with Crippen LogP contribution in [0.3, 0.4) is 0 Å². The molecule has 0 bridgehead atoms. The molecule has 6 heteroatoms. The number of hydrogen-bond acceptors (Lipinski definition) is 4. The summed E-state index contributed by atoms with van der Waals surface area (Å²) < 4.78 is 28.6. The normalized spacial score (nSPS) is 11.6. The fourth-order valence-corrected chi connectivity index (χ4v) is 3.31. The number of hydrogen-bond donors (Lipinski definition) is 0. The van der Waals surface area contributed by atoms with Gasteiger partial charge in [0.15, 0.2) is 9.84 Å². The van der Waals surface area contributed by atoms with Crippen LogP contribution < -0.4 is 0 Å². The molecule has 0 N–H and O–H groups in total. The fourth-order valence-electron chi connectivity index (χ4n) is 2.07. The molecule has 0 saturated carbocycles. The molecule has 0 radical (unpaired) electrons. The van der Waals surface area contributed by atoms with Crippen LogP contribution in [0.2, 0.25) is 5.02 Å². The molecule has 0 aliphatic heterocycles. The molecule has 0 heterocycles. The molecule has 0 amide bonds. The molecule has 2 rings (SSSR count). The van der Waals surface area contributed by atoms with E-state index in [-0.39, 0.29) is 21.0 Å². The first-order valence-corrected chi connectivity index (χ1v) is 8.95. The van der Waals surface area contributed by atoms with Gasteiger partial charge in [-0.3, -0.25) is 0 Å². The minimum Gasteiger partial charge on any atom is -0.465 e. The first-order chi connectivity index (χ1) is 10.8. The number of ether oxygens (including phenoxy) is 1. The molecule has 0 aliphatic carbocycles. The number of halogens is 1. The Hall–Kier alpha value is -2.11. The van der Waals surface area contributed by atoms with E-state index in [1.165, 1.54) is 19.2 Å². The fraction of sp³-hybridized carbons (Fsp3) is 0.118. The van der Waals surface area contributed by atoms with Gasteiger partial charge in [-0.05, 0) is 17.7 Å². The Labute approximate surface area is 140 Å². The van der Waals surface area contributed by atoms with Crippen LogP contribution in [0.4, 0.5) is 0 Å². The van der Waals surface area contributed by atoms with Crippen LogP contribution in [0.15, 0.2) is 47.4 Å². The molecule has 120 valence electrons. The van der Waals surface area contributed by atoms with Crippen molar-refractivity contribution in [2.24, 2.45) is 0 Å². The Morgan fingerprint density at radius 1 is 1.09 bits per heavy atom. The zero-order valence-corrected chi connectivity index (χ0v) is 14.2. The molecule has 2 aromatic carbocycles. The average molecular weight is 351 g/mol. The molecule has 0 fully saturated rings. The maximum atomic E-state index is 12.0. The molecule has 0 aliphatic rings. The van der Waals surface area contributed by atoms with Gasteiger partial charge < -0.3 is 4.74 Å². The molecule has 0 unspecified atom stereocenters. The standard InChI is InChI=1S/C17H15ClO4S/c1-22-17(19)14-10-11-15(23(2,20)21)13(16(14)18)9-8-12-6-4-3-5-7-12/h3-11H,1-2H3. The molecule has 0 atom stereocenters. The number of carbonyl (C=O) groups excluding carboxylic acids is 1. The van der Waals surface area contributed by atoms with E-state index in [2.05, 4.69) is 4.74 Å². The number of methoxy groups -OCH3 is 1. The second-order valence-electron chi connectivity index (χ2n) is 4.85. The highest BCUT2D eigenvalue weighted by molar-refractivity contribution is 7.90. The minimum atomic E-state index is -3.50. The Balaban J connectivity index is 2.62. The van der Waals surface area contributed by atoms with E-state index < -0.39 is 15.8 Å². The lowest BCUT2D eigenvalue weighted by Gasteiger charge is -2.10. The largest absolute Gasteiger partial charge is 0.465 e. The summed E-state index contributed by atoms with van der Waals surface area (Å²) in [5, 5.41) is 0.0481. The van der Waals surface area contributed by atoms with Gasteiger partial charge in [0, 0.05) is 11.8 Å². The third-order valence-corrected chi connectivity index (χ3v) is 4.75. The lowest BCUT2D eigenvalue weighted by Crippen LogP contribution is -2.07. The topological polar surface area (TPSA) is 60.4 Å². The van der Waals surface area contributed by atoms with Crippen LogP contribution in [0, 0.1) is 0 Å². The van der Waals surface area contributed by atoms with Crippen LogP contribution in [0.5, 0.6) is 0 Å². The van der Waals surface area contributed by atoms with Crippen LogP contribution in [-0.4, -0.2) is 27.8 Å². The Morgan fingerprint density at radius 3 is 2.30 bits per heavy atom. The summed E-state index contributed by atoms with van der Waals surface area (Å²) in [6.45, 7) is 0. The first-order valence-electron chi connectivity index (χ1n) is 6.68. The second kappa shape index (κ2) is 6.98. The average Bonchev–Trinajstić information content (AvgIpc) is 2.52. The molecule has 0 spiro atoms. The van der Waals surface area contributed by atoms with Gasteiger partial charge in [0.2, 0.25) is 0 Å². The SMILES string of the molecule is COC(=O)c1ccc(S(C)(=O)=O)c(C=Cc2ccccc2)c1Cl. The van der Waals surface area contributed by atoms with Crippen molar-refractivity contribution in [3.05, 3.63) is 64.2 Å². The van der Waals surface area contributed by atoms with Gasteiger partial charge in [-0.2, -0.15) is 0 Å². The van der Waals surface area contributed by atoms with Crippen molar-refractivity contribution in [1.82, 2.24) is 0 Å². The number of sulfone groups is 1. The van der Waals surface area contributed by atoms with Gasteiger partial charge in [-0.15, -0.1) is 0 Å². The van der Waals surface area contributed by atoms with E-state index in [1.807, 2.05) is 30.3 Å². The maximum Gasteiger partial charge on any atom is 0.339 e. The summed E-state index contributed by atoms with van der Waals surface area (Å²) in [5.74, 6) is -0.621. The van der Waals surface area contributed by atoms with Gasteiger partial charge in [-0.1, -0.05) is 54.1 Å². The van der Waals surface area contributed by atoms with E-state index in [1.54, 1.807) is 12.2 Å². The lowest BCUT2D eigenvalue weighted by molar-refractivity contribution is 0.0601. The molecular weight excluding hydrogens is 336 g/mol. The van der Waals surface area contributed by atoms with E-state index in [0.717, 1.165) is 11.8 Å². The molecule has 23 heavy (non-hydrogen) atoms. The zero-order chi connectivity index (χ0) is 17.0. The third-order valence-electron chi connectivity index (χ3n) is 3.19. The summed E-state index contributed by atoms with van der Waals surface area (Å²) in [5.41, 5.74) is 1.27. The van der Waals surface area contributed by atoms with Gasteiger partial charge in [-0.25, -0.2) is 13.2 Å². The quantitative estimate of drug-likeness (QED) is 0.623. The van der Waals surface area contributed by atoms with E-state index in [0.29, 0.717) is 0 Å². The Kier molecular flexibility index (Phi) is 5.23. The highest BCUT2D eigenvalue weighted by atomic mass is 35.5. The van der Waals surface area contributed by atoms with E-state index in [4.69, 9.17) is 11.6 Å². The zero-order valence-electron chi connectivity index (χ0n) is 12.6. The predicted molar refractivity (Wildman–Crippen MR) is 91.3 cm³/mol. The molecule has 4 nitrogen and oxygen atoms in total. The first kappa shape index (κ1) is 17.2. The maximum absolute atomic E-state index is 12.0. The molecular formula is C17H15ClO4S. The highest BCUT2D eigenvalue weighted by Crippen LogP contribution is 2.30. The predicted octanol–water partition coefficient (Wildman–Crippen LogP) is 3.70. The summed E-state index contributed by atoms with van der Waals surface area (Å²) in [7, 11) is -2.26. The van der Waals surface area contributed by atoms with Gasteiger partial charge in [0.1, 0.15) is 0 Å². The lowest BCUT2D eigenvalue weighted by atomic mass is 10.1. The van der Waals surface area contributed by atoms with E-state index >= 15 is 0 Å². The smallest absolute Gasteiger partial charge is 0.339 e. The van der Waals surface area contributed by atoms with Crippen molar-refractivity contribution in [2.75, 3.05) is 13.4 Å². The van der Waals surface area contributed by atoms with Gasteiger partial charge >= 0.3 is 5.97 Å². The van der Waals surface area contributed by atoms with Gasteiger partial charge in [0.25, 0.3) is 0 Å². The third kappa shape index (κ3) is 4.00. The summed E-state index contributed by atoms with van der Waals surface area (Å²) >= 11 is 6.24. The van der Waals surface area contributed by atoms with Crippen LogP contribution in [-0.2, 0) is 14.6 Å². The van der Waals surface area contributed by atoms with Crippen molar-refractivity contribution in [2.45, 2.75) is 4.90 Å². The Morgan fingerprint density at radius 2 is 1.74 bits per heavy atom.